The van der Waals surface area contributed by atoms with E-state index in [1.807, 2.05) is 13.0 Å². The first-order valence-electron chi connectivity index (χ1n) is 7.01. The lowest BCUT2D eigenvalue weighted by Crippen LogP contribution is -2.38. The molecule has 1 aliphatic carbocycles. The van der Waals surface area contributed by atoms with Crippen LogP contribution in [0.1, 0.15) is 46.0 Å². The molecule has 1 N–H and O–H groups in total. The molecule has 0 bridgehead atoms. The van der Waals surface area contributed by atoms with Gasteiger partial charge in [0.05, 0.1) is 0 Å². The Morgan fingerprint density at radius 1 is 1.11 bits per heavy atom. The first-order chi connectivity index (χ1) is 8.95. The van der Waals surface area contributed by atoms with Gasteiger partial charge in [-0.05, 0) is 36.7 Å². The fraction of sp³-hybridized carbons (Fsp3) is 0.667. The number of carbonyl (C=O) groups excluding carboxylic acids is 3. The SMILES string of the molecule is C[C@H]1C/C(=C\CC2CC(=O)NC(=O)C2)C(=O)[C@H](C)C1. The molecule has 0 radical (unpaired) electrons. The monoisotopic (exact) mass is 263 g/mol. The number of hydrogen-bond acceptors (Lipinski definition) is 3. The number of rotatable bonds is 2. The minimum atomic E-state index is -0.198. The largest absolute Gasteiger partial charge is 0.296 e. The number of ketones is 1. The van der Waals surface area contributed by atoms with Crippen LogP contribution in [-0.4, -0.2) is 17.6 Å². The van der Waals surface area contributed by atoms with Crippen molar-refractivity contribution in [2.75, 3.05) is 0 Å². The molecule has 19 heavy (non-hydrogen) atoms. The molecule has 1 saturated carbocycles. The maximum Gasteiger partial charge on any atom is 0.226 e. The van der Waals surface area contributed by atoms with Crippen molar-refractivity contribution in [1.29, 1.82) is 0 Å². The number of nitrogens with one attached hydrogen (secondary N) is 1. The second-order valence-electron chi connectivity index (χ2n) is 6.02. The highest BCUT2D eigenvalue weighted by molar-refractivity contribution is 5.98. The third kappa shape index (κ3) is 3.52. The molecule has 0 aromatic carbocycles. The molecular weight excluding hydrogens is 242 g/mol. The Labute approximate surface area is 113 Å². The zero-order chi connectivity index (χ0) is 14.0. The number of Topliss-reactive ketones (excluding diaryl/α,β-unsaturated/α-hetero) is 1. The van der Waals surface area contributed by atoms with Gasteiger partial charge in [-0.1, -0.05) is 19.9 Å². The van der Waals surface area contributed by atoms with Crippen molar-refractivity contribution in [3.8, 4) is 0 Å². The van der Waals surface area contributed by atoms with Crippen molar-refractivity contribution < 1.29 is 14.4 Å². The molecule has 0 unspecified atom stereocenters. The van der Waals surface area contributed by atoms with Crippen LogP contribution < -0.4 is 5.32 Å². The first kappa shape index (κ1) is 14.0. The molecule has 4 nitrogen and oxygen atoms in total. The molecule has 1 aliphatic heterocycles. The highest BCUT2D eigenvalue weighted by Gasteiger charge is 2.28. The van der Waals surface area contributed by atoms with Gasteiger partial charge >= 0.3 is 0 Å². The van der Waals surface area contributed by atoms with E-state index in [0.29, 0.717) is 25.2 Å². The minimum absolute atomic E-state index is 0.0501. The summed E-state index contributed by atoms with van der Waals surface area (Å²) >= 11 is 0. The average molecular weight is 263 g/mol. The molecule has 0 aromatic rings. The van der Waals surface area contributed by atoms with Gasteiger partial charge in [0.2, 0.25) is 11.8 Å². The third-order valence-electron chi connectivity index (χ3n) is 4.01. The van der Waals surface area contributed by atoms with E-state index in [1.54, 1.807) is 0 Å². The summed E-state index contributed by atoms with van der Waals surface area (Å²) in [5.41, 5.74) is 0.893. The summed E-state index contributed by atoms with van der Waals surface area (Å²) in [6.07, 6.45) is 5.17. The topological polar surface area (TPSA) is 63.2 Å². The number of carbonyl (C=O) groups is 3. The fourth-order valence-electron chi connectivity index (χ4n) is 3.10. The van der Waals surface area contributed by atoms with Crippen LogP contribution in [0.25, 0.3) is 0 Å². The van der Waals surface area contributed by atoms with E-state index in [0.717, 1.165) is 18.4 Å². The Kier molecular flexibility index (Phi) is 4.17. The van der Waals surface area contributed by atoms with E-state index in [-0.39, 0.29) is 29.4 Å². The van der Waals surface area contributed by atoms with E-state index in [4.69, 9.17) is 0 Å². The summed E-state index contributed by atoms with van der Waals surface area (Å²) in [6.45, 7) is 4.14. The van der Waals surface area contributed by atoms with Crippen LogP contribution in [0.15, 0.2) is 11.6 Å². The van der Waals surface area contributed by atoms with E-state index in [1.165, 1.54) is 0 Å². The number of imide groups is 1. The van der Waals surface area contributed by atoms with Crippen molar-refractivity contribution in [2.24, 2.45) is 17.8 Å². The van der Waals surface area contributed by atoms with Gasteiger partial charge in [0.15, 0.2) is 5.78 Å². The molecule has 0 aromatic heterocycles. The maximum atomic E-state index is 12.1. The quantitative estimate of drug-likeness (QED) is 0.612. The summed E-state index contributed by atoms with van der Waals surface area (Å²) in [5, 5.41) is 2.30. The zero-order valence-corrected chi connectivity index (χ0v) is 11.6. The number of piperidine rings is 1. The minimum Gasteiger partial charge on any atom is -0.296 e. The molecule has 1 heterocycles. The van der Waals surface area contributed by atoms with Gasteiger partial charge in [-0.3, -0.25) is 19.7 Å². The lowest BCUT2D eigenvalue weighted by molar-refractivity contribution is -0.134. The summed E-state index contributed by atoms with van der Waals surface area (Å²) in [5.74, 6) is 0.535. The van der Waals surface area contributed by atoms with Crippen LogP contribution >= 0.6 is 0 Å². The molecule has 1 saturated heterocycles. The summed E-state index contributed by atoms with van der Waals surface area (Å²) in [7, 11) is 0. The van der Waals surface area contributed by atoms with Crippen molar-refractivity contribution in [3.05, 3.63) is 11.6 Å². The smallest absolute Gasteiger partial charge is 0.226 e. The molecule has 104 valence electrons. The molecule has 4 heteroatoms. The van der Waals surface area contributed by atoms with Crippen LogP contribution in [0, 0.1) is 17.8 Å². The summed E-state index contributed by atoms with van der Waals surface area (Å²) in [6, 6.07) is 0. The first-order valence-corrected chi connectivity index (χ1v) is 7.01. The van der Waals surface area contributed by atoms with E-state index in [2.05, 4.69) is 12.2 Å². The number of allylic oxidation sites excluding steroid dienone is 2. The molecule has 2 atom stereocenters. The highest BCUT2D eigenvalue weighted by Crippen LogP contribution is 2.31. The number of amides is 2. The van der Waals surface area contributed by atoms with E-state index in [9.17, 15) is 14.4 Å². The van der Waals surface area contributed by atoms with E-state index < -0.39 is 0 Å². The van der Waals surface area contributed by atoms with Crippen LogP contribution in [0.5, 0.6) is 0 Å². The molecular formula is C15H21NO3. The van der Waals surface area contributed by atoms with Crippen molar-refractivity contribution in [1.82, 2.24) is 5.32 Å². The van der Waals surface area contributed by atoms with Crippen molar-refractivity contribution >= 4 is 17.6 Å². The van der Waals surface area contributed by atoms with Gasteiger partial charge in [0, 0.05) is 18.8 Å². The maximum absolute atomic E-state index is 12.1. The van der Waals surface area contributed by atoms with Gasteiger partial charge in [0.25, 0.3) is 0 Å². The van der Waals surface area contributed by atoms with Crippen molar-refractivity contribution in [3.63, 3.8) is 0 Å². The Balaban J connectivity index is 1.99. The fourth-order valence-corrected chi connectivity index (χ4v) is 3.10. The predicted molar refractivity (Wildman–Crippen MR) is 71.1 cm³/mol. The molecule has 0 spiro atoms. The summed E-state index contributed by atoms with van der Waals surface area (Å²) < 4.78 is 0. The van der Waals surface area contributed by atoms with Gasteiger partial charge in [0.1, 0.15) is 0 Å². The normalized spacial score (nSPS) is 31.7. The molecule has 2 aliphatic rings. The van der Waals surface area contributed by atoms with Crippen LogP contribution in [0.3, 0.4) is 0 Å². The molecule has 2 amide bonds. The highest BCUT2D eigenvalue weighted by atomic mass is 16.2. The van der Waals surface area contributed by atoms with Crippen LogP contribution in [0.2, 0.25) is 0 Å². The lowest BCUT2D eigenvalue weighted by atomic mass is 9.78. The van der Waals surface area contributed by atoms with Gasteiger partial charge in [-0.25, -0.2) is 0 Å². The second-order valence-corrected chi connectivity index (χ2v) is 6.02. The van der Waals surface area contributed by atoms with Crippen LogP contribution in [-0.2, 0) is 14.4 Å². The average Bonchev–Trinajstić information content (AvgIpc) is 2.30. The Morgan fingerprint density at radius 2 is 1.74 bits per heavy atom. The van der Waals surface area contributed by atoms with Gasteiger partial charge < -0.3 is 0 Å². The zero-order valence-electron chi connectivity index (χ0n) is 11.6. The van der Waals surface area contributed by atoms with Gasteiger partial charge in [-0.15, -0.1) is 0 Å². The second kappa shape index (κ2) is 5.68. The third-order valence-corrected chi connectivity index (χ3v) is 4.01. The molecule has 2 rings (SSSR count). The standard InChI is InChI=1S/C15H21NO3/c1-9-5-10(2)15(19)12(6-9)4-3-11-7-13(17)16-14(18)8-11/h4,9-11H,3,5-8H2,1-2H3,(H,16,17,18)/b12-4+/t9-,10-/m1/s1. The van der Waals surface area contributed by atoms with Gasteiger partial charge in [-0.2, -0.15) is 0 Å². The van der Waals surface area contributed by atoms with Crippen LogP contribution in [0.4, 0.5) is 0 Å². The summed E-state index contributed by atoms with van der Waals surface area (Å²) in [4.78, 5) is 34.6. The Bertz CT molecular complexity index is 423. The van der Waals surface area contributed by atoms with Crippen molar-refractivity contribution in [2.45, 2.75) is 46.0 Å². The molecule has 2 fully saturated rings. The Hall–Kier alpha value is -1.45. The predicted octanol–water partition coefficient (Wildman–Crippen LogP) is 1.99. The lowest BCUT2D eigenvalue weighted by Gasteiger charge is -2.26. The Morgan fingerprint density at radius 3 is 2.37 bits per heavy atom. The number of hydrogen-bond donors (Lipinski definition) is 1. The van der Waals surface area contributed by atoms with E-state index >= 15 is 0 Å².